The lowest BCUT2D eigenvalue weighted by Crippen LogP contribution is -2.29. The van der Waals surface area contributed by atoms with Crippen LogP contribution in [0.4, 0.5) is 0 Å². The number of aliphatic hydroxyl groups excluding tert-OH is 3. The standard InChI is InChI=1S/C6H7BrO5/c7-1-2(8)5-3(9)4(10)6(11)12-5/h2,5,8-10H,1H2/t2-,5?/m0/s1. The van der Waals surface area contributed by atoms with Crippen molar-refractivity contribution in [3.05, 3.63) is 11.5 Å². The Morgan fingerprint density at radius 2 is 2.17 bits per heavy atom. The van der Waals surface area contributed by atoms with Crippen LogP contribution in [0.15, 0.2) is 11.5 Å². The van der Waals surface area contributed by atoms with E-state index in [0.29, 0.717) is 0 Å². The maximum atomic E-state index is 10.6. The number of hydrogen-bond donors (Lipinski definition) is 3. The van der Waals surface area contributed by atoms with E-state index in [1.807, 2.05) is 0 Å². The van der Waals surface area contributed by atoms with Crippen LogP contribution in [-0.4, -0.2) is 38.8 Å². The molecule has 0 fully saturated rings. The SMILES string of the molecule is O=C1OC([C@@H](O)CBr)C(O)=C1O. The Balaban J connectivity index is 2.80. The molecule has 6 heteroatoms. The molecule has 0 aromatic heterocycles. The smallest absolute Gasteiger partial charge is 0.377 e. The van der Waals surface area contributed by atoms with Crippen molar-refractivity contribution in [3.63, 3.8) is 0 Å². The molecule has 68 valence electrons. The summed E-state index contributed by atoms with van der Waals surface area (Å²) in [6.07, 6.45) is -2.21. The highest BCUT2D eigenvalue weighted by molar-refractivity contribution is 9.09. The predicted molar refractivity (Wildman–Crippen MR) is 42.0 cm³/mol. The number of ether oxygens (including phenoxy) is 1. The van der Waals surface area contributed by atoms with Crippen LogP contribution in [0, 0.1) is 0 Å². The summed E-state index contributed by atoms with van der Waals surface area (Å²) < 4.78 is 4.45. The minimum absolute atomic E-state index is 0.141. The van der Waals surface area contributed by atoms with Gasteiger partial charge in [-0.15, -0.1) is 0 Å². The number of carbonyl (C=O) groups is 1. The monoisotopic (exact) mass is 238 g/mol. The third-order valence-corrected chi connectivity index (χ3v) is 2.11. The van der Waals surface area contributed by atoms with Gasteiger partial charge in [-0.1, -0.05) is 15.9 Å². The number of esters is 1. The van der Waals surface area contributed by atoms with Crippen LogP contribution in [0.5, 0.6) is 0 Å². The first-order valence-electron chi connectivity index (χ1n) is 3.15. The Hall–Kier alpha value is -0.750. The molecule has 0 amide bonds. The number of hydrogen-bond acceptors (Lipinski definition) is 5. The number of cyclic esters (lactones) is 1. The van der Waals surface area contributed by atoms with Gasteiger partial charge in [0.05, 0.1) is 0 Å². The van der Waals surface area contributed by atoms with Crippen molar-refractivity contribution in [3.8, 4) is 0 Å². The van der Waals surface area contributed by atoms with Gasteiger partial charge >= 0.3 is 5.97 Å². The van der Waals surface area contributed by atoms with E-state index in [2.05, 4.69) is 20.7 Å². The molecule has 1 unspecified atom stereocenters. The molecule has 0 aromatic carbocycles. The Labute approximate surface area is 76.4 Å². The van der Waals surface area contributed by atoms with Crippen LogP contribution in [-0.2, 0) is 9.53 Å². The number of aliphatic hydroxyl groups is 3. The zero-order valence-corrected chi connectivity index (χ0v) is 7.48. The summed E-state index contributed by atoms with van der Waals surface area (Å²) in [7, 11) is 0. The highest BCUT2D eigenvalue weighted by Gasteiger charge is 2.38. The molecule has 12 heavy (non-hydrogen) atoms. The lowest BCUT2D eigenvalue weighted by molar-refractivity contribution is -0.146. The molecule has 0 spiro atoms. The summed E-state index contributed by atoms with van der Waals surface area (Å²) in [5, 5.41) is 27.1. The Kier molecular flexibility index (Phi) is 2.58. The fourth-order valence-corrected chi connectivity index (χ4v) is 1.15. The average molecular weight is 239 g/mol. The summed E-state index contributed by atoms with van der Waals surface area (Å²) in [6.45, 7) is 0. The third-order valence-electron chi connectivity index (χ3n) is 1.45. The summed E-state index contributed by atoms with van der Waals surface area (Å²) in [5.74, 6) is -2.47. The second-order valence-corrected chi connectivity index (χ2v) is 2.93. The van der Waals surface area contributed by atoms with Crippen molar-refractivity contribution in [1.82, 2.24) is 0 Å². The molecule has 2 atom stereocenters. The van der Waals surface area contributed by atoms with E-state index in [0.717, 1.165) is 0 Å². The van der Waals surface area contributed by atoms with Gasteiger partial charge in [-0.3, -0.25) is 0 Å². The largest absolute Gasteiger partial charge is 0.505 e. The minimum atomic E-state index is -1.16. The molecule has 0 saturated heterocycles. The molecular weight excluding hydrogens is 232 g/mol. The normalized spacial score (nSPS) is 25.8. The van der Waals surface area contributed by atoms with E-state index in [4.69, 9.17) is 15.3 Å². The van der Waals surface area contributed by atoms with Crippen molar-refractivity contribution in [1.29, 1.82) is 0 Å². The first-order valence-corrected chi connectivity index (χ1v) is 4.27. The van der Waals surface area contributed by atoms with Gasteiger partial charge < -0.3 is 20.1 Å². The lowest BCUT2D eigenvalue weighted by atomic mass is 10.2. The van der Waals surface area contributed by atoms with E-state index in [9.17, 15) is 4.79 Å². The van der Waals surface area contributed by atoms with Crippen molar-refractivity contribution in [2.45, 2.75) is 12.2 Å². The number of rotatable bonds is 2. The number of alkyl halides is 1. The fraction of sp³-hybridized carbons (Fsp3) is 0.500. The van der Waals surface area contributed by atoms with Gasteiger partial charge in [0.15, 0.2) is 11.9 Å². The van der Waals surface area contributed by atoms with E-state index in [1.54, 1.807) is 0 Å². The van der Waals surface area contributed by atoms with Crippen LogP contribution >= 0.6 is 15.9 Å². The molecule has 0 aliphatic carbocycles. The molecule has 1 rings (SSSR count). The summed E-state index contributed by atoms with van der Waals surface area (Å²) in [6, 6.07) is 0. The summed E-state index contributed by atoms with van der Waals surface area (Å²) >= 11 is 2.94. The predicted octanol–water partition coefficient (Wildman–Crippen LogP) is -0.00480. The zero-order chi connectivity index (χ0) is 9.30. The maximum Gasteiger partial charge on any atom is 0.377 e. The van der Waals surface area contributed by atoms with Gasteiger partial charge in [-0.25, -0.2) is 4.79 Å². The van der Waals surface area contributed by atoms with Gasteiger partial charge in [0.1, 0.15) is 6.10 Å². The van der Waals surface area contributed by atoms with Crippen molar-refractivity contribution in [2.24, 2.45) is 0 Å². The molecule has 0 radical (unpaired) electrons. The lowest BCUT2D eigenvalue weighted by Gasteiger charge is -2.13. The Morgan fingerprint density at radius 1 is 1.58 bits per heavy atom. The van der Waals surface area contributed by atoms with Gasteiger partial charge in [0, 0.05) is 5.33 Å². The first-order chi connectivity index (χ1) is 5.57. The minimum Gasteiger partial charge on any atom is -0.505 e. The fourth-order valence-electron chi connectivity index (χ4n) is 0.808. The second kappa shape index (κ2) is 3.32. The Bertz CT molecular complexity index is 236. The van der Waals surface area contributed by atoms with Crippen LogP contribution in [0.1, 0.15) is 0 Å². The highest BCUT2D eigenvalue weighted by Crippen LogP contribution is 2.21. The summed E-state index contributed by atoms with van der Waals surface area (Å²) in [5.41, 5.74) is 0. The molecule has 0 bridgehead atoms. The van der Waals surface area contributed by atoms with E-state index in [1.165, 1.54) is 0 Å². The van der Waals surface area contributed by atoms with E-state index >= 15 is 0 Å². The van der Waals surface area contributed by atoms with E-state index in [-0.39, 0.29) is 5.33 Å². The first kappa shape index (κ1) is 9.34. The molecule has 0 aromatic rings. The van der Waals surface area contributed by atoms with E-state index < -0.39 is 29.7 Å². The van der Waals surface area contributed by atoms with Gasteiger partial charge in [-0.05, 0) is 0 Å². The van der Waals surface area contributed by atoms with Gasteiger partial charge in [0.2, 0.25) is 5.76 Å². The molecular formula is C6H7BrO5. The van der Waals surface area contributed by atoms with Crippen LogP contribution in [0.2, 0.25) is 0 Å². The quantitative estimate of drug-likeness (QED) is 0.466. The molecule has 1 heterocycles. The zero-order valence-electron chi connectivity index (χ0n) is 5.90. The molecule has 3 N–H and O–H groups in total. The Morgan fingerprint density at radius 3 is 2.50 bits per heavy atom. The van der Waals surface area contributed by atoms with Crippen molar-refractivity contribution >= 4 is 21.9 Å². The highest BCUT2D eigenvalue weighted by atomic mass is 79.9. The maximum absolute atomic E-state index is 10.6. The second-order valence-electron chi connectivity index (χ2n) is 2.28. The topological polar surface area (TPSA) is 87.0 Å². The number of halogens is 1. The molecule has 0 saturated carbocycles. The van der Waals surface area contributed by atoms with Gasteiger partial charge in [0.25, 0.3) is 0 Å². The van der Waals surface area contributed by atoms with Crippen molar-refractivity contribution in [2.75, 3.05) is 5.33 Å². The van der Waals surface area contributed by atoms with Crippen molar-refractivity contribution < 1.29 is 24.9 Å². The number of carbonyl (C=O) groups excluding carboxylic acids is 1. The summed E-state index contributed by atoms with van der Waals surface area (Å²) in [4.78, 5) is 10.6. The van der Waals surface area contributed by atoms with Gasteiger partial charge in [-0.2, -0.15) is 0 Å². The third kappa shape index (κ3) is 1.39. The molecule has 5 nitrogen and oxygen atoms in total. The van der Waals surface area contributed by atoms with Crippen LogP contribution in [0.3, 0.4) is 0 Å². The van der Waals surface area contributed by atoms with Crippen LogP contribution in [0.25, 0.3) is 0 Å². The molecule has 1 aliphatic heterocycles. The average Bonchev–Trinajstić information content (AvgIpc) is 2.32. The molecule has 1 aliphatic rings. The van der Waals surface area contributed by atoms with Crippen LogP contribution < -0.4 is 0 Å².